The summed E-state index contributed by atoms with van der Waals surface area (Å²) in [6, 6.07) is 24.1. The summed E-state index contributed by atoms with van der Waals surface area (Å²) in [6.07, 6.45) is 0.837. The Morgan fingerprint density at radius 2 is 1.73 bits per heavy atom. The monoisotopic (exact) mass is 396 g/mol. The van der Waals surface area contributed by atoms with Crippen LogP contribution in [0.3, 0.4) is 0 Å². The van der Waals surface area contributed by atoms with Gasteiger partial charge in [-0.25, -0.2) is 0 Å². The molecule has 1 aromatic heterocycles. The van der Waals surface area contributed by atoms with Gasteiger partial charge in [-0.05, 0) is 54.8 Å². The second-order valence-electron chi connectivity index (χ2n) is 7.85. The number of carbonyl (C=O) groups excluding carboxylic acids is 1. The minimum Gasteiger partial charge on any atom is -0.497 e. The van der Waals surface area contributed by atoms with E-state index in [2.05, 4.69) is 54.4 Å². The van der Waals surface area contributed by atoms with E-state index in [0.29, 0.717) is 12.1 Å². The number of methoxy groups -OCH3 is 1. The van der Waals surface area contributed by atoms with Crippen LogP contribution in [-0.4, -0.2) is 29.4 Å². The highest BCUT2D eigenvalue weighted by Crippen LogP contribution is 2.39. The first-order valence-electron chi connectivity index (χ1n) is 10.3. The van der Waals surface area contributed by atoms with Gasteiger partial charge < -0.3 is 14.6 Å². The van der Waals surface area contributed by atoms with Gasteiger partial charge in [-0.3, -0.25) is 4.79 Å². The average molecular weight is 396 g/mol. The Balaban J connectivity index is 1.62. The van der Waals surface area contributed by atoms with Crippen molar-refractivity contribution in [3.05, 3.63) is 101 Å². The number of aryl methyl sites for hydroxylation is 1. The molecule has 4 heteroatoms. The molecule has 0 radical (unpaired) electrons. The molecule has 0 saturated heterocycles. The summed E-state index contributed by atoms with van der Waals surface area (Å²) in [7, 11) is 1.63. The quantitative estimate of drug-likeness (QED) is 0.513. The van der Waals surface area contributed by atoms with Gasteiger partial charge in [0, 0.05) is 28.7 Å². The topological polar surface area (TPSA) is 45.3 Å². The number of fused-ring (bicyclic) bond motifs is 3. The second-order valence-corrected chi connectivity index (χ2v) is 7.85. The minimum atomic E-state index is -0.142. The zero-order valence-electron chi connectivity index (χ0n) is 17.2. The summed E-state index contributed by atoms with van der Waals surface area (Å²) in [5.41, 5.74) is 6.56. The van der Waals surface area contributed by atoms with Crippen LogP contribution in [0.2, 0.25) is 0 Å². The molecule has 150 valence electrons. The number of rotatable bonds is 3. The number of nitrogens with zero attached hydrogens (tertiary/aromatic N) is 1. The van der Waals surface area contributed by atoms with Gasteiger partial charge in [0.25, 0.3) is 5.91 Å². The van der Waals surface area contributed by atoms with Crippen molar-refractivity contribution in [3.63, 3.8) is 0 Å². The van der Waals surface area contributed by atoms with E-state index >= 15 is 0 Å². The second kappa shape index (κ2) is 7.38. The largest absolute Gasteiger partial charge is 0.497 e. The third-order valence-electron chi connectivity index (χ3n) is 6.03. The zero-order chi connectivity index (χ0) is 20.7. The highest BCUT2D eigenvalue weighted by molar-refractivity contribution is 5.95. The molecule has 1 atom stereocenters. The smallest absolute Gasteiger partial charge is 0.254 e. The van der Waals surface area contributed by atoms with Gasteiger partial charge in [-0.1, -0.05) is 48.0 Å². The predicted octanol–water partition coefficient (Wildman–Crippen LogP) is 5.27. The fourth-order valence-corrected chi connectivity index (χ4v) is 4.45. The molecular weight excluding hydrogens is 372 g/mol. The fraction of sp³-hybridized carbons (Fsp3) is 0.192. The molecule has 1 aliphatic rings. The number of benzene rings is 3. The van der Waals surface area contributed by atoms with E-state index < -0.39 is 0 Å². The molecule has 0 fully saturated rings. The lowest BCUT2D eigenvalue weighted by molar-refractivity contribution is 0.0692. The number of nitrogens with one attached hydrogen (secondary N) is 1. The first-order chi connectivity index (χ1) is 14.7. The van der Waals surface area contributed by atoms with E-state index in [4.69, 9.17) is 4.74 Å². The maximum Gasteiger partial charge on any atom is 0.254 e. The van der Waals surface area contributed by atoms with E-state index in [0.717, 1.165) is 28.9 Å². The molecule has 4 nitrogen and oxygen atoms in total. The molecule has 1 aliphatic heterocycles. The van der Waals surface area contributed by atoms with Crippen molar-refractivity contribution in [3.8, 4) is 5.75 Å². The lowest BCUT2D eigenvalue weighted by atomic mass is 9.91. The van der Waals surface area contributed by atoms with Gasteiger partial charge in [0.1, 0.15) is 5.75 Å². The Bertz CT molecular complexity index is 1210. The lowest BCUT2D eigenvalue weighted by Gasteiger charge is -2.36. The standard InChI is InChI=1S/C26H24N2O2/c1-17-7-9-18(10-8-17)25-24-22(21-5-3-4-6-23(21)27-24)15-16-28(25)26(29)19-11-13-20(30-2)14-12-19/h3-14,25,27H,15-16H2,1-2H3/t25-/m1/s1. The number of aromatic nitrogens is 1. The Morgan fingerprint density at radius 3 is 2.47 bits per heavy atom. The summed E-state index contributed by atoms with van der Waals surface area (Å²) in [4.78, 5) is 19.2. The number of hydrogen-bond acceptors (Lipinski definition) is 2. The SMILES string of the molecule is COc1ccc(C(=O)N2CCc3c([nH]c4ccccc34)[C@H]2c2ccc(C)cc2)cc1. The number of ether oxygens (including phenoxy) is 1. The highest BCUT2D eigenvalue weighted by Gasteiger charge is 2.34. The van der Waals surface area contributed by atoms with Crippen molar-refractivity contribution < 1.29 is 9.53 Å². The zero-order valence-corrected chi connectivity index (χ0v) is 17.2. The molecule has 5 rings (SSSR count). The van der Waals surface area contributed by atoms with Crippen LogP contribution in [0.4, 0.5) is 0 Å². The Labute approximate surface area is 176 Å². The summed E-state index contributed by atoms with van der Waals surface area (Å²) in [6.45, 7) is 2.76. The maximum absolute atomic E-state index is 13.5. The summed E-state index contributed by atoms with van der Waals surface area (Å²) >= 11 is 0. The minimum absolute atomic E-state index is 0.0348. The van der Waals surface area contributed by atoms with Crippen molar-refractivity contribution in [2.75, 3.05) is 13.7 Å². The lowest BCUT2D eigenvalue weighted by Crippen LogP contribution is -2.40. The third kappa shape index (κ3) is 3.05. The third-order valence-corrected chi connectivity index (χ3v) is 6.03. The van der Waals surface area contributed by atoms with Gasteiger partial charge in [0.15, 0.2) is 0 Å². The van der Waals surface area contributed by atoms with Crippen LogP contribution in [0.1, 0.15) is 38.8 Å². The van der Waals surface area contributed by atoms with Gasteiger partial charge in [0.05, 0.1) is 13.2 Å². The van der Waals surface area contributed by atoms with Crippen LogP contribution >= 0.6 is 0 Å². The molecule has 0 spiro atoms. The molecule has 1 N–H and O–H groups in total. The van der Waals surface area contributed by atoms with Crippen molar-refractivity contribution in [2.45, 2.75) is 19.4 Å². The summed E-state index contributed by atoms with van der Waals surface area (Å²) < 4.78 is 5.25. The van der Waals surface area contributed by atoms with E-state index in [1.807, 2.05) is 35.2 Å². The van der Waals surface area contributed by atoms with E-state index in [-0.39, 0.29) is 11.9 Å². The first-order valence-corrected chi connectivity index (χ1v) is 10.3. The molecular formula is C26H24N2O2. The van der Waals surface area contributed by atoms with Crippen molar-refractivity contribution in [1.29, 1.82) is 0 Å². The first kappa shape index (κ1) is 18.5. The van der Waals surface area contributed by atoms with Crippen molar-refractivity contribution in [2.24, 2.45) is 0 Å². The highest BCUT2D eigenvalue weighted by atomic mass is 16.5. The number of para-hydroxylation sites is 1. The number of aromatic amines is 1. The van der Waals surface area contributed by atoms with Gasteiger partial charge in [-0.15, -0.1) is 0 Å². The van der Waals surface area contributed by atoms with Crippen LogP contribution in [0, 0.1) is 6.92 Å². The molecule has 2 heterocycles. The summed E-state index contributed by atoms with van der Waals surface area (Å²) in [5, 5.41) is 1.25. The van der Waals surface area contributed by atoms with E-state index in [1.165, 1.54) is 16.5 Å². The Kier molecular flexibility index (Phi) is 4.55. The van der Waals surface area contributed by atoms with Crippen molar-refractivity contribution >= 4 is 16.8 Å². The average Bonchev–Trinajstić information content (AvgIpc) is 3.17. The van der Waals surface area contributed by atoms with Crippen LogP contribution in [0.5, 0.6) is 5.75 Å². The molecule has 0 unspecified atom stereocenters. The Morgan fingerprint density at radius 1 is 1.00 bits per heavy atom. The van der Waals surface area contributed by atoms with Crippen molar-refractivity contribution in [1.82, 2.24) is 9.88 Å². The number of amides is 1. The Hall–Kier alpha value is -3.53. The molecule has 0 aliphatic carbocycles. The van der Waals surface area contributed by atoms with Crippen LogP contribution < -0.4 is 4.74 Å². The molecule has 1 amide bonds. The molecule has 0 saturated carbocycles. The predicted molar refractivity (Wildman–Crippen MR) is 119 cm³/mol. The van der Waals surface area contributed by atoms with E-state index in [1.54, 1.807) is 7.11 Å². The fourth-order valence-electron chi connectivity index (χ4n) is 4.45. The molecule has 30 heavy (non-hydrogen) atoms. The molecule has 0 bridgehead atoms. The normalized spacial score (nSPS) is 15.8. The summed E-state index contributed by atoms with van der Waals surface area (Å²) in [5.74, 6) is 0.783. The van der Waals surface area contributed by atoms with Crippen LogP contribution in [0.15, 0.2) is 72.8 Å². The van der Waals surface area contributed by atoms with Crippen LogP contribution in [-0.2, 0) is 6.42 Å². The molecule has 3 aromatic carbocycles. The van der Waals surface area contributed by atoms with E-state index in [9.17, 15) is 4.79 Å². The maximum atomic E-state index is 13.5. The number of H-pyrrole nitrogens is 1. The number of carbonyl (C=O) groups is 1. The van der Waals surface area contributed by atoms with Gasteiger partial charge >= 0.3 is 0 Å². The van der Waals surface area contributed by atoms with Crippen LogP contribution in [0.25, 0.3) is 10.9 Å². The van der Waals surface area contributed by atoms with Gasteiger partial charge in [-0.2, -0.15) is 0 Å². The van der Waals surface area contributed by atoms with Gasteiger partial charge in [0.2, 0.25) is 0 Å². The number of hydrogen-bond donors (Lipinski definition) is 1. The molecule has 4 aromatic rings.